The maximum atomic E-state index is 13.0. The number of amides is 2. The number of hydrogen-bond acceptors (Lipinski definition) is 3. The molecule has 140 valence electrons. The molecule has 5 heteroatoms. The smallest absolute Gasteiger partial charge is 0.237 e. The third-order valence-corrected chi connectivity index (χ3v) is 7.46. The minimum absolute atomic E-state index is 0.0116. The van der Waals surface area contributed by atoms with Gasteiger partial charge in [0.15, 0.2) is 0 Å². The van der Waals surface area contributed by atoms with Gasteiger partial charge in [-0.2, -0.15) is 0 Å². The van der Waals surface area contributed by atoms with Crippen molar-refractivity contribution in [3.8, 4) is 0 Å². The van der Waals surface area contributed by atoms with Crippen molar-refractivity contribution in [3.05, 3.63) is 0 Å². The fraction of sp³-hybridized carbons (Fsp3) is 0.900. The van der Waals surface area contributed by atoms with E-state index < -0.39 is 0 Å². The molecule has 5 aliphatic rings. The van der Waals surface area contributed by atoms with Crippen LogP contribution < -0.4 is 5.32 Å². The average Bonchev–Trinajstić information content (AvgIpc) is 3.03. The lowest BCUT2D eigenvalue weighted by Gasteiger charge is -2.54. The summed E-state index contributed by atoms with van der Waals surface area (Å²) in [5.74, 6) is 3.70. The summed E-state index contributed by atoms with van der Waals surface area (Å²) in [5.41, 5.74) is 0. The van der Waals surface area contributed by atoms with Crippen LogP contribution in [0.1, 0.15) is 51.9 Å². The highest BCUT2D eigenvalue weighted by Gasteiger charge is 2.49. The van der Waals surface area contributed by atoms with Crippen LogP contribution >= 0.6 is 0 Å². The Bertz CT molecular complexity index is 507. The molecule has 5 nitrogen and oxygen atoms in total. The molecule has 1 atom stereocenters. The molecule has 1 saturated heterocycles. The van der Waals surface area contributed by atoms with Gasteiger partial charge in [-0.1, -0.05) is 0 Å². The van der Waals surface area contributed by atoms with E-state index in [9.17, 15) is 9.59 Å². The molecular formula is C20H33N3O2. The first kappa shape index (κ1) is 17.3. The van der Waals surface area contributed by atoms with Gasteiger partial charge in [-0.15, -0.1) is 0 Å². The second kappa shape index (κ2) is 6.90. The summed E-state index contributed by atoms with van der Waals surface area (Å²) in [5, 5.41) is 3.48. The highest BCUT2D eigenvalue weighted by molar-refractivity contribution is 5.82. The van der Waals surface area contributed by atoms with E-state index in [-0.39, 0.29) is 17.9 Å². The fourth-order valence-corrected chi connectivity index (χ4v) is 6.25. The van der Waals surface area contributed by atoms with Crippen LogP contribution in [-0.4, -0.2) is 60.4 Å². The van der Waals surface area contributed by atoms with Crippen LogP contribution in [0.5, 0.6) is 0 Å². The number of likely N-dealkylation sites (N-methyl/N-ethyl adjacent to an activating group) is 1. The molecule has 1 N–H and O–H groups in total. The predicted molar refractivity (Wildman–Crippen MR) is 96.9 cm³/mol. The Labute approximate surface area is 151 Å². The van der Waals surface area contributed by atoms with Crippen molar-refractivity contribution in [2.45, 2.75) is 64.0 Å². The molecule has 5 fully saturated rings. The van der Waals surface area contributed by atoms with Crippen LogP contribution in [0.25, 0.3) is 0 Å². The first-order valence-electron chi connectivity index (χ1n) is 10.3. The van der Waals surface area contributed by atoms with Crippen molar-refractivity contribution in [3.63, 3.8) is 0 Å². The molecule has 0 radical (unpaired) electrons. The number of nitrogens with one attached hydrogen (secondary N) is 1. The summed E-state index contributed by atoms with van der Waals surface area (Å²) in [6.07, 6.45) is 8.87. The third kappa shape index (κ3) is 3.44. The Morgan fingerprint density at radius 1 is 1.08 bits per heavy atom. The lowest BCUT2D eigenvalue weighted by molar-refractivity contribution is -0.129. The van der Waals surface area contributed by atoms with E-state index in [1.807, 2.05) is 7.05 Å². The second-order valence-electron chi connectivity index (χ2n) is 9.10. The molecular weight excluding hydrogens is 314 g/mol. The minimum Gasteiger partial charge on any atom is -0.351 e. The van der Waals surface area contributed by atoms with Crippen molar-refractivity contribution < 1.29 is 9.59 Å². The lowest BCUT2D eigenvalue weighted by atomic mass is 9.54. The Morgan fingerprint density at radius 2 is 1.72 bits per heavy atom. The van der Waals surface area contributed by atoms with Gasteiger partial charge in [0.2, 0.25) is 11.8 Å². The third-order valence-electron chi connectivity index (χ3n) is 7.46. The van der Waals surface area contributed by atoms with E-state index in [0.717, 1.165) is 49.6 Å². The van der Waals surface area contributed by atoms with Gasteiger partial charge in [-0.05, 0) is 75.2 Å². The number of hydrogen-bond donors (Lipinski definition) is 1. The van der Waals surface area contributed by atoms with Gasteiger partial charge in [-0.25, -0.2) is 0 Å². The van der Waals surface area contributed by atoms with Crippen LogP contribution in [0.15, 0.2) is 0 Å². The van der Waals surface area contributed by atoms with E-state index in [1.54, 1.807) is 11.8 Å². The topological polar surface area (TPSA) is 52.7 Å². The first-order chi connectivity index (χ1) is 12.0. The van der Waals surface area contributed by atoms with Crippen molar-refractivity contribution in [1.82, 2.24) is 15.1 Å². The van der Waals surface area contributed by atoms with E-state index in [0.29, 0.717) is 12.6 Å². The van der Waals surface area contributed by atoms with Gasteiger partial charge in [0.05, 0.1) is 6.04 Å². The minimum atomic E-state index is 0.0116. The molecule has 1 heterocycles. The van der Waals surface area contributed by atoms with Gasteiger partial charge in [0.25, 0.3) is 0 Å². The lowest BCUT2D eigenvalue weighted by Crippen LogP contribution is -2.58. The molecule has 5 rings (SSSR count). The molecule has 0 unspecified atom stereocenters. The SMILES string of the molecule is CC(=O)N(C)CCN1CCC[C@@H]1C(=O)NC1C2CC3CC(C2)CC1C3. The standard InChI is InChI=1S/C20H33N3O2/c1-13(24)22(2)6-7-23-5-3-4-18(23)20(25)21-19-16-9-14-8-15(11-16)12-17(19)10-14/h14-19H,3-12H2,1-2H3,(H,21,25)/t14?,15?,16?,17?,18-,19?/m1/s1. The number of rotatable bonds is 5. The maximum Gasteiger partial charge on any atom is 0.237 e. The Morgan fingerprint density at radius 3 is 2.32 bits per heavy atom. The largest absolute Gasteiger partial charge is 0.351 e. The zero-order chi connectivity index (χ0) is 17.6. The van der Waals surface area contributed by atoms with Crippen LogP contribution in [0.2, 0.25) is 0 Å². The molecule has 2 amide bonds. The van der Waals surface area contributed by atoms with Crippen LogP contribution in [0.4, 0.5) is 0 Å². The summed E-state index contributed by atoms with van der Waals surface area (Å²) in [7, 11) is 1.84. The fourth-order valence-electron chi connectivity index (χ4n) is 6.25. The highest BCUT2D eigenvalue weighted by atomic mass is 16.2. The van der Waals surface area contributed by atoms with Crippen molar-refractivity contribution in [2.24, 2.45) is 23.7 Å². The second-order valence-corrected chi connectivity index (χ2v) is 9.10. The van der Waals surface area contributed by atoms with Crippen LogP contribution in [0, 0.1) is 23.7 Å². The predicted octanol–water partition coefficient (Wildman–Crippen LogP) is 1.87. The molecule has 1 aliphatic heterocycles. The summed E-state index contributed by atoms with van der Waals surface area (Å²) >= 11 is 0. The van der Waals surface area contributed by atoms with E-state index in [1.165, 1.54) is 32.1 Å². The monoisotopic (exact) mass is 347 g/mol. The van der Waals surface area contributed by atoms with E-state index in [2.05, 4.69) is 10.2 Å². The molecule has 0 aromatic rings. The summed E-state index contributed by atoms with van der Waals surface area (Å²) < 4.78 is 0. The number of nitrogens with zero attached hydrogens (tertiary/aromatic N) is 2. The molecule has 4 bridgehead atoms. The first-order valence-corrected chi connectivity index (χ1v) is 10.3. The zero-order valence-electron chi connectivity index (χ0n) is 15.7. The Balaban J connectivity index is 1.33. The van der Waals surface area contributed by atoms with Crippen molar-refractivity contribution in [2.75, 3.05) is 26.7 Å². The number of carbonyl (C=O) groups excluding carboxylic acids is 2. The molecule has 4 saturated carbocycles. The number of likely N-dealkylation sites (tertiary alicyclic amines) is 1. The number of carbonyl (C=O) groups is 2. The quantitative estimate of drug-likeness (QED) is 0.826. The van der Waals surface area contributed by atoms with Crippen LogP contribution in [-0.2, 0) is 9.59 Å². The van der Waals surface area contributed by atoms with Crippen molar-refractivity contribution >= 4 is 11.8 Å². The Kier molecular flexibility index (Phi) is 4.78. The van der Waals surface area contributed by atoms with Gasteiger partial charge < -0.3 is 10.2 Å². The molecule has 0 aromatic carbocycles. The highest BCUT2D eigenvalue weighted by Crippen LogP contribution is 2.53. The maximum absolute atomic E-state index is 13.0. The molecule has 4 aliphatic carbocycles. The summed E-state index contributed by atoms with van der Waals surface area (Å²) in [6.45, 7) is 4.08. The van der Waals surface area contributed by atoms with Crippen molar-refractivity contribution in [1.29, 1.82) is 0 Å². The average molecular weight is 348 g/mol. The van der Waals surface area contributed by atoms with E-state index >= 15 is 0 Å². The normalized spacial score (nSPS) is 39.6. The van der Waals surface area contributed by atoms with Gasteiger partial charge in [0.1, 0.15) is 0 Å². The van der Waals surface area contributed by atoms with Crippen LogP contribution in [0.3, 0.4) is 0 Å². The zero-order valence-corrected chi connectivity index (χ0v) is 15.7. The summed E-state index contributed by atoms with van der Waals surface area (Å²) in [6, 6.07) is 0.445. The van der Waals surface area contributed by atoms with Gasteiger partial charge in [-0.3, -0.25) is 14.5 Å². The molecule has 0 spiro atoms. The van der Waals surface area contributed by atoms with Gasteiger partial charge in [0, 0.05) is 33.1 Å². The Hall–Kier alpha value is -1.10. The molecule has 25 heavy (non-hydrogen) atoms. The molecule has 0 aromatic heterocycles. The van der Waals surface area contributed by atoms with E-state index in [4.69, 9.17) is 0 Å². The van der Waals surface area contributed by atoms with Gasteiger partial charge >= 0.3 is 0 Å². The summed E-state index contributed by atoms with van der Waals surface area (Å²) in [4.78, 5) is 28.4.